The van der Waals surface area contributed by atoms with Gasteiger partial charge in [-0.15, -0.1) is 11.3 Å². The lowest BCUT2D eigenvalue weighted by Crippen LogP contribution is -2.05. The van der Waals surface area contributed by atoms with Crippen LogP contribution in [0.1, 0.15) is 5.56 Å². The summed E-state index contributed by atoms with van der Waals surface area (Å²) in [5, 5.41) is 3.90. The van der Waals surface area contributed by atoms with Crippen LogP contribution >= 0.6 is 11.3 Å². The van der Waals surface area contributed by atoms with Crippen molar-refractivity contribution in [3.05, 3.63) is 63.8 Å². The second kappa shape index (κ2) is 5.78. The number of nitrogens with one attached hydrogen (secondary N) is 1. The highest BCUT2D eigenvalue weighted by atomic mass is 32.1. The van der Waals surface area contributed by atoms with Crippen LogP contribution in [0.25, 0.3) is 32.1 Å². The molecule has 0 aliphatic carbocycles. The molecule has 0 atom stereocenters. The molecule has 0 spiro atoms. The van der Waals surface area contributed by atoms with E-state index in [1.807, 2.05) is 47.8 Å². The van der Waals surface area contributed by atoms with Crippen LogP contribution in [0, 0.1) is 0 Å². The molecule has 3 N–H and O–H groups in total. The van der Waals surface area contributed by atoms with Gasteiger partial charge in [-0.05, 0) is 34.7 Å². The van der Waals surface area contributed by atoms with Crippen molar-refractivity contribution in [2.75, 3.05) is 7.11 Å². The van der Waals surface area contributed by atoms with Crippen LogP contribution in [0.5, 0.6) is 5.75 Å². The molecule has 0 aliphatic heterocycles. The maximum atomic E-state index is 12.2. The van der Waals surface area contributed by atoms with Gasteiger partial charge in [0.25, 0.3) is 5.56 Å². The molecule has 0 saturated heterocycles. The number of H-pyrrole nitrogens is 1. The van der Waals surface area contributed by atoms with Crippen molar-refractivity contribution in [1.29, 1.82) is 0 Å². The number of hydrogen-bond donors (Lipinski definition) is 2. The summed E-state index contributed by atoms with van der Waals surface area (Å²) in [6, 6.07) is 13.9. The van der Waals surface area contributed by atoms with Crippen LogP contribution in [0.15, 0.2) is 52.6 Å². The van der Waals surface area contributed by atoms with E-state index in [1.54, 1.807) is 7.11 Å². The second-order valence-corrected chi connectivity index (χ2v) is 6.50. The Balaban J connectivity index is 2.14. The minimum Gasteiger partial charge on any atom is -0.496 e. The molecule has 120 valence electrons. The Bertz CT molecular complexity index is 1090. The average Bonchev–Trinajstić information content (AvgIpc) is 3.11. The topological polar surface area (TPSA) is 68.1 Å². The number of aromatic nitrogens is 1. The Morgan fingerprint density at radius 3 is 2.62 bits per heavy atom. The summed E-state index contributed by atoms with van der Waals surface area (Å²) in [6.07, 6.45) is 0. The van der Waals surface area contributed by atoms with Gasteiger partial charge in [0.15, 0.2) is 0 Å². The number of fused-ring (bicyclic) bond motifs is 3. The molecule has 4 rings (SSSR count). The number of ether oxygens (including phenoxy) is 1. The number of nitrogens with two attached hydrogens (primary N) is 1. The van der Waals surface area contributed by atoms with E-state index in [0.29, 0.717) is 6.54 Å². The number of aromatic amines is 1. The smallest absolute Gasteiger partial charge is 0.266 e. The molecule has 0 radical (unpaired) electrons. The van der Waals surface area contributed by atoms with Gasteiger partial charge in [-0.25, -0.2) is 0 Å². The van der Waals surface area contributed by atoms with E-state index in [4.69, 9.17) is 10.5 Å². The van der Waals surface area contributed by atoms with Crippen molar-refractivity contribution < 1.29 is 4.74 Å². The van der Waals surface area contributed by atoms with E-state index in [9.17, 15) is 4.79 Å². The normalized spacial score (nSPS) is 11.2. The second-order valence-electron chi connectivity index (χ2n) is 5.58. The fraction of sp³-hybridized carbons (Fsp3) is 0.105. The number of rotatable bonds is 3. The van der Waals surface area contributed by atoms with Crippen LogP contribution in [0.4, 0.5) is 0 Å². The molecule has 4 aromatic rings. The monoisotopic (exact) mass is 336 g/mol. The van der Waals surface area contributed by atoms with Gasteiger partial charge >= 0.3 is 0 Å². The fourth-order valence-corrected chi connectivity index (χ4v) is 3.89. The van der Waals surface area contributed by atoms with E-state index in [2.05, 4.69) is 4.98 Å². The fourth-order valence-electron chi connectivity index (χ4n) is 3.09. The van der Waals surface area contributed by atoms with E-state index in [0.717, 1.165) is 43.4 Å². The molecule has 24 heavy (non-hydrogen) atoms. The van der Waals surface area contributed by atoms with Crippen molar-refractivity contribution in [1.82, 2.24) is 4.98 Å². The van der Waals surface area contributed by atoms with Crippen molar-refractivity contribution >= 4 is 32.3 Å². The number of methoxy groups -OCH3 is 1. The van der Waals surface area contributed by atoms with E-state index >= 15 is 0 Å². The lowest BCUT2D eigenvalue weighted by Gasteiger charge is -2.13. The van der Waals surface area contributed by atoms with Gasteiger partial charge in [-0.1, -0.05) is 24.3 Å². The van der Waals surface area contributed by atoms with Gasteiger partial charge in [0.1, 0.15) is 10.4 Å². The first kappa shape index (κ1) is 14.9. The molecule has 2 heterocycles. The molecule has 4 nitrogen and oxygen atoms in total. The number of hydrogen-bond acceptors (Lipinski definition) is 4. The molecule has 0 fully saturated rings. The summed E-state index contributed by atoms with van der Waals surface area (Å²) in [5.41, 5.74) is 9.55. The summed E-state index contributed by atoms with van der Waals surface area (Å²) >= 11 is 1.45. The zero-order valence-corrected chi connectivity index (χ0v) is 13.9. The Hall–Kier alpha value is -2.63. The van der Waals surface area contributed by atoms with Crippen molar-refractivity contribution in [2.24, 2.45) is 5.73 Å². The first-order valence-corrected chi connectivity index (χ1v) is 8.50. The lowest BCUT2D eigenvalue weighted by molar-refractivity contribution is 0.417. The predicted octanol–water partition coefficient (Wildman–Crippen LogP) is 3.88. The van der Waals surface area contributed by atoms with Crippen molar-refractivity contribution in [3.8, 4) is 16.9 Å². The molecular weight excluding hydrogens is 320 g/mol. The van der Waals surface area contributed by atoms with Crippen LogP contribution < -0.4 is 16.0 Å². The highest BCUT2D eigenvalue weighted by Gasteiger charge is 2.16. The SMILES string of the molecule is COc1ccc2[nH]c(=O)c3sccc3c2c1-c1ccc(CN)cc1. The standard InChI is InChI=1S/C19H16N2O2S/c1-23-15-7-6-14-17(13-8-9-24-18(13)19(22)21-14)16(15)12-4-2-11(10-20)3-5-12/h2-9H,10,20H2,1H3,(H,21,22). The third kappa shape index (κ3) is 2.21. The minimum atomic E-state index is -0.0536. The molecule has 2 aromatic heterocycles. The largest absolute Gasteiger partial charge is 0.496 e. The van der Waals surface area contributed by atoms with Crippen molar-refractivity contribution in [3.63, 3.8) is 0 Å². The maximum Gasteiger partial charge on any atom is 0.266 e. The maximum absolute atomic E-state index is 12.2. The van der Waals surface area contributed by atoms with Crippen LogP contribution in [0.2, 0.25) is 0 Å². The number of benzene rings is 2. The van der Waals surface area contributed by atoms with Gasteiger partial charge in [0.2, 0.25) is 0 Å². The third-order valence-corrected chi connectivity index (χ3v) is 5.17. The van der Waals surface area contributed by atoms with Gasteiger partial charge in [0.05, 0.1) is 7.11 Å². The van der Waals surface area contributed by atoms with E-state index in [1.165, 1.54) is 11.3 Å². The van der Waals surface area contributed by atoms with Crippen LogP contribution in [-0.4, -0.2) is 12.1 Å². The summed E-state index contributed by atoms with van der Waals surface area (Å²) in [5.74, 6) is 0.780. The first-order chi connectivity index (χ1) is 11.7. The summed E-state index contributed by atoms with van der Waals surface area (Å²) in [4.78, 5) is 15.2. The van der Waals surface area contributed by atoms with Crippen molar-refractivity contribution in [2.45, 2.75) is 6.54 Å². The lowest BCUT2D eigenvalue weighted by atomic mass is 9.96. The van der Waals surface area contributed by atoms with E-state index in [-0.39, 0.29) is 5.56 Å². The zero-order chi connectivity index (χ0) is 16.7. The van der Waals surface area contributed by atoms with Gasteiger partial charge in [-0.2, -0.15) is 0 Å². The van der Waals surface area contributed by atoms with Gasteiger partial charge < -0.3 is 15.5 Å². The minimum absolute atomic E-state index is 0.0536. The quantitative estimate of drug-likeness (QED) is 0.596. The van der Waals surface area contributed by atoms with E-state index < -0.39 is 0 Å². The summed E-state index contributed by atoms with van der Waals surface area (Å²) in [7, 11) is 1.66. The highest BCUT2D eigenvalue weighted by molar-refractivity contribution is 7.17. The summed E-state index contributed by atoms with van der Waals surface area (Å²) in [6.45, 7) is 0.509. The predicted molar refractivity (Wildman–Crippen MR) is 99.8 cm³/mol. The van der Waals surface area contributed by atoms with Crippen LogP contribution in [0.3, 0.4) is 0 Å². The molecule has 2 aromatic carbocycles. The molecule has 5 heteroatoms. The zero-order valence-electron chi connectivity index (χ0n) is 13.1. The summed E-state index contributed by atoms with van der Waals surface area (Å²) < 4.78 is 6.34. The molecule has 0 aliphatic rings. The molecule has 0 saturated carbocycles. The number of pyridine rings is 1. The molecule has 0 amide bonds. The average molecular weight is 336 g/mol. The van der Waals surface area contributed by atoms with Gasteiger partial charge in [0, 0.05) is 28.4 Å². The van der Waals surface area contributed by atoms with Gasteiger partial charge in [-0.3, -0.25) is 4.79 Å². The molecule has 0 unspecified atom stereocenters. The first-order valence-electron chi connectivity index (χ1n) is 7.62. The Labute approximate surface area is 142 Å². The Morgan fingerprint density at radius 2 is 1.92 bits per heavy atom. The molecule has 0 bridgehead atoms. The Morgan fingerprint density at radius 1 is 1.12 bits per heavy atom. The highest BCUT2D eigenvalue weighted by Crippen LogP contribution is 2.40. The third-order valence-electron chi connectivity index (χ3n) is 4.25. The molecular formula is C19H16N2O2S. The van der Waals surface area contributed by atoms with Crippen LogP contribution in [-0.2, 0) is 6.54 Å². The number of thiophene rings is 1. The Kier molecular flexibility index (Phi) is 3.59.